The molecule has 0 radical (unpaired) electrons. The van der Waals surface area contributed by atoms with E-state index in [4.69, 9.17) is 9.84 Å². The molecule has 1 aliphatic rings. The van der Waals surface area contributed by atoms with Crippen molar-refractivity contribution in [1.29, 1.82) is 0 Å². The van der Waals surface area contributed by atoms with Crippen molar-refractivity contribution in [3.63, 3.8) is 0 Å². The van der Waals surface area contributed by atoms with Crippen LogP contribution in [-0.4, -0.2) is 29.6 Å². The second-order valence-electron chi connectivity index (χ2n) is 4.42. The number of amides is 1. The van der Waals surface area contributed by atoms with Gasteiger partial charge in [-0.05, 0) is 24.6 Å². The van der Waals surface area contributed by atoms with Crippen LogP contribution in [0.1, 0.15) is 18.9 Å². The molecule has 96 valence electrons. The first-order valence-corrected chi connectivity index (χ1v) is 5.74. The molecule has 5 heteroatoms. The van der Waals surface area contributed by atoms with Gasteiger partial charge in [-0.2, -0.15) is 0 Å². The molecule has 1 aromatic rings. The zero-order valence-electron chi connectivity index (χ0n) is 10.3. The van der Waals surface area contributed by atoms with Crippen molar-refractivity contribution in [3.8, 4) is 5.75 Å². The summed E-state index contributed by atoms with van der Waals surface area (Å²) in [7, 11) is 0. The van der Waals surface area contributed by atoms with Crippen molar-refractivity contribution in [2.75, 3.05) is 11.5 Å². The Morgan fingerprint density at radius 3 is 2.83 bits per heavy atom. The van der Waals surface area contributed by atoms with E-state index in [1.165, 1.54) is 11.8 Å². The minimum absolute atomic E-state index is 0.118. The van der Waals surface area contributed by atoms with Gasteiger partial charge in [0.1, 0.15) is 12.4 Å². The molecule has 0 fully saturated rings. The van der Waals surface area contributed by atoms with Crippen LogP contribution in [-0.2, 0) is 9.59 Å². The largest absolute Gasteiger partial charge is 0.489 e. The van der Waals surface area contributed by atoms with E-state index in [0.717, 1.165) is 5.56 Å². The van der Waals surface area contributed by atoms with Gasteiger partial charge in [0.15, 0.2) is 0 Å². The Hall–Kier alpha value is -2.04. The summed E-state index contributed by atoms with van der Waals surface area (Å²) in [5, 5.41) is 8.87. The van der Waals surface area contributed by atoms with Gasteiger partial charge in [-0.1, -0.05) is 6.07 Å². The molecule has 0 spiro atoms. The lowest BCUT2D eigenvalue weighted by atomic mass is 10.1. The van der Waals surface area contributed by atoms with Gasteiger partial charge in [0.2, 0.25) is 5.91 Å². The second kappa shape index (κ2) is 4.68. The average Bonchev–Trinajstić information content (AvgIpc) is 2.26. The Balaban J connectivity index is 2.41. The zero-order chi connectivity index (χ0) is 13.3. The summed E-state index contributed by atoms with van der Waals surface area (Å²) in [6, 6.07) is 5.09. The van der Waals surface area contributed by atoms with Crippen LogP contribution in [0.4, 0.5) is 5.69 Å². The van der Waals surface area contributed by atoms with Crippen molar-refractivity contribution in [3.05, 3.63) is 23.8 Å². The first-order valence-electron chi connectivity index (χ1n) is 5.74. The number of aryl methyl sites for hydroxylation is 1. The first kappa shape index (κ1) is 12.4. The number of hydrogen-bond donors (Lipinski definition) is 1. The summed E-state index contributed by atoms with van der Waals surface area (Å²) >= 11 is 0. The molecule has 1 amide bonds. The maximum atomic E-state index is 11.7. The molecule has 1 aliphatic heterocycles. The molecular formula is C13H15NO4. The highest BCUT2D eigenvalue weighted by molar-refractivity contribution is 5.95. The number of benzene rings is 1. The van der Waals surface area contributed by atoms with Crippen LogP contribution in [0.5, 0.6) is 5.75 Å². The molecule has 0 bridgehead atoms. The summed E-state index contributed by atoms with van der Waals surface area (Å²) < 4.78 is 5.52. The highest BCUT2D eigenvalue weighted by Crippen LogP contribution is 2.35. The van der Waals surface area contributed by atoms with Crippen LogP contribution in [0.25, 0.3) is 0 Å². The van der Waals surface area contributed by atoms with Crippen molar-refractivity contribution in [2.45, 2.75) is 26.3 Å². The fourth-order valence-corrected chi connectivity index (χ4v) is 2.17. The van der Waals surface area contributed by atoms with Crippen LogP contribution >= 0.6 is 0 Å². The summed E-state index contributed by atoms with van der Waals surface area (Å²) in [4.78, 5) is 24.1. The predicted molar refractivity (Wildman–Crippen MR) is 65.9 cm³/mol. The summed E-state index contributed by atoms with van der Waals surface area (Å²) in [5.74, 6) is -0.486. The summed E-state index contributed by atoms with van der Waals surface area (Å²) in [5.41, 5.74) is 1.65. The third kappa shape index (κ3) is 2.30. The molecular weight excluding hydrogens is 234 g/mol. The standard InChI is InChI=1S/C13H15NO4/c1-8-3-4-12-11(5-8)14(9(2)15)10(7-18-12)6-13(16)17/h3-5,10H,6-7H2,1-2H3,(H,16,17). The SMILES string of the molecule is CC(=O)N1c2cc(C)ccc2OCC1CC(=O)O. The van der Waals surface area contributed by atoms with E-state index in [2.05, 4.69) is 0 Å². The second-order valence-corrected chi connectivity index (χ2v) is 4.42. The number of anilines is 1. The van der Waals surface area contributed by atoms with Crippen LogP contribution in [0.2, 0.25) is 0 Å². The maximum absolute atomic E-state index is 11.7. The topological polar surface area (TPSA) is 66.8 Å². The number of hydrogen-bond acceptors (Lipinski definition) is 3. The molecule has 0 saturated carbocycles. The molecule has 1 unspecified atom stereocenters. The van der Waals surface area contributed by atoms with Gasteiger partial charge in [-0.15, -0.1) is 0 Å². The zero-order valence-corrected chi connectivity index (χ0v) is 10.3. The smallest absolute Gasteiger partial charge is 0.305 e. The normalized spacial score (nSPS) is 17.9. The predicted octanol–water partition coefficient (Wildman–Crippen LogP) is 1.58. The number of carbonyl (C=O) groups excluding carboxylic acids is 1. The molecule has 1 N–H and O–H groups in total. The Morgan fingerprint density at radius 1 is 1.50 bits per heavy atom. The van der Waals surface area contributed by atoms with Crippen LogP contribution in [0.15, 0.2) is 18.2 Å². The highest BCUT2D eigenvalue weighted by Gasteiger charge is 2.31. The van der Waals surface area contributed by atoms with E-state index in [-0.39, 0.29) is 18.9 Å². The minimum atomic E-state index is -0.939. The molecule has 1 heterocycles. The van der Waals surface area contributed by atoms with Gasteiger partial charge in [0.25, 0.3) is 0 Å². The summed E-state index contributed by atoms with van der Waals surface area (Å²) in [6.45, 7) is 3.56. The number of carboxylic acid groups (broad SMARTS) is 1. The van der Waals surface area contributed by atoms with E-state index in [0.29, 0.717) is 11.4 Å². The fourth-order valence-electron chi connectivity index (χ4n) is 2.17. The molecule has 2 rings (SSSR count). The number of ether oxygens (including phenoxy) is 1. The van der Waals surface area contributed by atoms with Gasteiger partial charge in [-0.3, -0.25) is 9.59 Å². The van der Waals surface area contributed by atoms with Gasteiger partial charge >= 0.3 is 5.97 Å². The molecule has 5 nitrogen and oxygen atoms in total. The number of nitrogens with zero attached hydrogens (tertiary/aromatic N) is 1. The lowest BCUT2D eigenvalue weighted by molar-refractivity contribution is -0.137. The Morgan fingerprint density at radius 2 is 2.22 bits per heavy atom. The fraction of sp³-hybridized carbons (Fsp3) is 0.385. The lowest BCUT2D eigenvalue weighted by Crippen LogP contribution is -2.47. The van der Waals surface area contributed by atoms with Gasteiger partial charge in [0.05, 0.1) is 18.2 Å². The van der Waals surface area contributed by atoms with Crippen LogP contribution < -0.4 is 9.64 Å². The van der Waals surface area contributed by atoms with Crippen molar-refractivity contribution in [2.24, 2.45) is 0 Å². The van der Waals surface area contributed by atoms with Gasteiger partial charge < -0.3 is 14.7 Å². The Bertz CT molecular complexity index is 498. The van der Waals surface area contributed by atoms with E-state index in [1.54, 1.807) is 6.07 Å². The van der Waals surface area contributed by atoms with E-state index >= 15 is 0 Å². The average molecular weight is 249 g/mol. The van der Waals surface area contributed by atoms with Crippen LogP contribution in [0.3, 0.4) is 0 Å². The molecule has 18 heavy (non-hydrogen) atoms. The quantitative estimate of drug-likeness (QED) is 0.864. The number of fused-ring (bicyclic) bond motifs is 1. The van der Waals surface area contributed by atoms with Gasteiger partial charge in [0, 0.05) is 6.92 Å². The number of carbonyl (C=O) groups is 2. The monoisotopic (exact) mass is 249 g/mol. The molecule has 0 saturated heterocycles. The third-order valence-corrected chi connectivity index (χ3v) is 2.92. The number of rotatable bonds is 2. The van der Waals surface area contributed by atoms with Crippen molar-refractivity contribution < 1.29 is 19.4 Å². The van der Waals surface area contributed by atoms with Gasteiger partial charge in [-0.25, -0.2) is 0 Å². The Kier molecular flexibility index (Phi) is 3.23. The van der Waals surface area contributed by atoms with Crippen molar-refractivity contribution >= 4 is 17.6 Å². The molecule has 0 aliphatic carbocycles. The summed E-state index contributed by atoms with van der Waals surface area (Å²) in [6.07, 6.45) is -0.118. The van der Waals surface area contributed by atoms with E-state index < -0.39 is 12.0 Å². The molecule has 1 atom stereocenters. The third-order valence-electron chi connectivity index (χ3n) is 2.92. The first-order chi connectivity index (χ1) is 8.49. The maximum Gasteiger partial charge on any atom is 0.305 e. The van der Waals surface area contributed by atoms with E-state index in [1.807, 2.05) is 19.1 Å². The lowest BCUT2D eigenvalue weighted by Gasteiger charge is -2.35. The molecule has 1 aromatic carbocycles. The Labute approximate surface area is 105 Å². The van der Waals surface area contributed by atoms with Crippen LogP contribution in [0, 0.1) is 6.92 Å². The number of aliphatic carboxylic acids is 1. The minimum Gasteiger partial charge on any atom is -0.489 e. The molecule has 0 aromatic heterocycles. The van der Waals surface area contributed by atoms with E-state index in [9.17, 15) is 9.59 Å². The van der Waals surface area contributed by atoms with Crippen molar-refractivity contribution in [1.82, 2.24) is 0 Å². The highest BCUT2D eigenvalue weighted by atomic mass is 16.5. The number of carboxylic acids is 1.